The average molecular weight is 338 g/mol. The maximum atomic E-state index is 13.3. The number of nitrogens with zero attached hydrogens (tertiary/aromatic N) is 1. The van der Waals surface area contributed by atoms with E-state index in [0.29, 0.717) is 25.9 Å². The predicted molar refractivity (Wildman–Crippen MR) is 86.9 cm³/mol. The number of hydrogen-bond donors (Lipinski definition) is 2. The Bertz CT molecular complexity index is 595. The number of likely N-dealkylation sites (tertiary alicyclic amines) is 1. The smallest absolute Gasteiger partial charge is 0.166 e. The van der Waals surface area contributed by atoms with Crippen LogP contribution in [0.5, 0.6) is 0 Å². The molecule has 132 valence electrons. The van der Waals surface area contributed by atoms with Crippen molar-refractivity contribution in [3.63, 3.8) is 0 Å². The molecule has 0 saturated carbocycles. The van der Waals surface area contributed by atoms with Crippen molar-refractivity contribution in [3.8, 4) is 0 Å². The minimum Gasteiger partial charge on any atom is -0.387 e. The standard InChI is InChI=1S/C18H24F2N2O2/c19-15-3-2-14(10-16(15)20)17(23)13-4-8-22(9-5-13)12-18(24)6-1-7-21-11-18/h2-3,10,13,21,24H,1,4-9,11-12H2/t18-/m1/s1. The number of piperidine rings is 2. The summed E-state index contributed by atoms with van der Waals surface area (Å²) in [4.78, 5) is 14.7. The Balaban J connectivity index is 1.54. The lowest BCUT2D eigenvalue weighted by Crippen LogP contribution is -2.54. The van der Waals surface area contributed by atoms with Gasteiger partial charge in [0.25, 0.3) is 0 Å². The fourth-order valence-corrected chi connectivity index (χ4v) is 3.74. The van der Waals surface area contributed by atoms with Gasteiger partial charge in [0.05, 0.1) is 5.60 Å². The highest BCUT2D eigenvalue weighted by molar-refractivity contribution is 5.97. The molecule has 24 heavy (non-hydrogen) atoms. The van der Waals surface area contributed by atoms with Crippen LogP contribution in [0.15, 0.2) is 18.2 Å². The number of halogens is 2. The van der Waals surface area contributed by atoms with Gasteiger partial charge in [-0.3, -0.25) is 4.79 Å². The first kappa shape index (κ1) is 17.5. The molecule has 2 saturated heterocycles. The Hall–Kier alpha value is -1.37. The molecule has 2 fully saturated rings. The third kappa shape index (κ3) is 3.99. The molecule has 2 N–H and O–H groups in total. The Morgan fingerprint density at radius 2 is 2.04 bits per heavy atom. The van der Waals surface area contributed by atoms with Gasteiger partial charge in [0.15, 0.2) is 17.4 Å². The summed E-state index contributed by atoms with van der Waals surface area (Å²) in [5, 5.41) is 13.8. The van der Waals surface area contributed by atoms with E-state index in [4.69, 9.17) is 0 Å². The summed E-state index contributed by atoms with van der Waals surface area (Å²) in [5.41, 5.74) is -0.447. The Morgan fingerprint density at radius 1 is 1.29 bits per heavy atom. The highest BCUT2D eigenvalue weighted by atomic mass is 19.2. The molecule has 2 aliphatic heterocycles. The molecule has 0 unspecified atom stereocenters. The Labute approximate surface area is 140 Å². The molecule has 1 aromatic carbocycles. The van der Waals surface area contributed by atoms with E-state index in [1.165, 1.54) is 6.07 Å². The second kappa shape index (κ2) is 7.25. The summed E-state index contributed by atoms with van der Waals surface area (Å²) in [7, 11) is 0. The van der Waals surface area contributed by atoms with Crippen molar-refractivity contribution < 1.29 is 18.7 Å². The summed E-state index contributed by atoms with van der Waals surface area (Å²) in [6, 6.07) is 3.34. The lowest BCUT2D eigenvalue weighted by molar-refractivity contribution is -0.0216. The highest BCUT2D eigenvalue weighted by Gasteiger charge is 2.34. The van der Waals surface area contributed by atoms with Gasteiger partial charge in [-0.2, -0.15) is 0 Å². The first-order chi connectivity index (χ1) is 11.5. The number of hydrogen-bond acceptors (Lipinski definition) is 4. The molecule has 0 radical (unpaired) electrons. The highest BCUT2D eigenvalue weighted by Crippen LogP contribution is 2.25. The van der Waals surface area contributed by atoms with Gasteiger partial charge in [-0.25, -0.2) is 8.78 Å². The van der Waals surface area contributed by atoms with E-state index in [-0.39, 0.29) is 17.3 Å². The number of β-amino-alcohol motifs (C(OH)–C–C–N with tert-alkyl or cyclic N) is 1. The van der Waals surface area contributed by atoms with Crippen LogP contribution in [0.1, 0.15) is 36.0 Å². The summed E-state index contributed by atoms with van der Waals surface area (Å²) in [6.45, 7) is 3.66. The van der Waals surface area contributed by atoms with Crippen molar-refractivity contribution in [2.45, 2.75) is 31.3 Å². The van der Waals surface area contributed by atoms with E-state index in [9.17, 15) is 18.7 Å². The number of carbonyl (C=O) groups excluding carboxylic acids is 1. The van der Waals surface area contributed by atoms with Crippen molar-refractivity contribution >= 4 is 5.78 Å². The van der Waals surface area contributed by atoms with Crippen LogP contribution in [-0.2, 0) is 0 Å². The number of ketones is 1. The Morgan fingerprint density at radius 3 is 2.67 bits per heavy atom. The quantitative estimate of drug-likeness (QED) is 0.825. The zero-order valence-corrected chi connectivity index (χ0v) is 13.7. The summed E-state index contributed by atoms with van der Waals surface area (Å²) < 4.78 is 26.3. The van der Waals surface area contributed by atoms with Gasteiger partial charge in [-0.05, 0) is 63.5 Å². The largest absolute Gasteiger partial charge is 0.387 e. The Kier molecular flexibility index (Phi) is 5.27. The van der Waals surface area contributed by atoms with Crippen LogP contribution in [0.25, 0.3) is 0 Å². The molecule has 1 atom stereocenters. The molecule has 2 heterocycles. The molecule has 6 heteroatoms. The first-order valence-corrected chi connectivity index (χ1v) is 8.62. The van der Waals surface area contributed by atoms with Crippen LogP contribution < -0.4 is 5.32 Å². The minimum atomic E-state index is -0.981. The fourth-order valence-electron chi connectivity index (χ4n) is 3.74. The van der Waals surface area contributed by atoms with E-state index >= 15 is 0 Å². The monoisotopic (exact) mass is 338 g/mol. The lowest BCUT2D eigenvalue weighted by Gasteiger charge is -2.40. The number of aliphatic hydroxyl groups is 1. The lowest BCUT2D eigenvalue weighted by atomic mass is 9.87. The third-order valence-electron chi connectivity index (χ3n) is 5.13. The van der Waals surface area contributed by atoms with Gasteiger partial charge in [0, 0.05) is 24.6 Å². The molecule has 3 rings (SSSR count). The van der Waals surface area contributed by atoms with Gasteiger partial charge in [-0.15, -0.1) is 0 Å². The third-order valence-corrected chi connectivity index (χ3v) is 5.13. The number of nitrogens with one attached hydrogen (secondary N) is 1. The number of Topliss-reactive ketones (excluding diaryl/α,β-unsaturated/α-hetero) is 1. The molecule has 0 aliphatic carbocycles. The molecule has 4 nitrogen and oxygen atoms in total. The van der Waals surface area contributed by atoms with Crippen LogP contribution in [0.3, 0.4) is 0 Å². The molecular formula is C18H24F2N2O2. The van der Waals surface area contributed by atoms with Crippen molar-refractivity contribution in [1.82, 2.24) is 10.2 Å². The SMILES string of the molecule is O=C(c1ccc(F)c(F)c1)C1CCN(C[C@@]2(O)CCCNC2)CC1. The van der Waals surface area contributed by atoms with Crippen molar-refractivity contribution in [1.29, 1.82) is 0 Å². The fraction of sp³-hybridized carbons (Fsp3) is 0.611. The maximum Gasteiger partial charge on any atom is 0.166 e. The van der Waals surface area contributed by atoms with Crippen molar-refractivity contribution in [2.24, 2.45) is 5.92 Å². The van der Waals surface area contributed by atoms with Crippen molar-refractivity contribution in [2.75, 3.05) is 32.7 Å². The van der Waals surface area contributed by atoms with Crippen LogP contribution >= 0.6 is 0 Å². The average Bonchev–Trinajstić information content (AvgIpc) is 2.58. The van der Waals surface area contributed by atoms with Crippen molar-refractivity contribution in [3.05, 3.63) is 35.4 Å². The maximum absolute atomic E-state index is 13.3. The van der Waals surface area contributed by atoms with E-state index in [1.807, 2.05) is 0 Å². The molecule has 0 amide bonds. The van der Waals surface area contributed by atoms with E-state index in [0.717, 1.165) is 44.6 Å². The van der Waals surface area contributed by atoms with E-state index in [2.05, 4.69) is 10.2 Å². The molecule has 1 aromatic rings. The topological polar surface area (TPSA) is 52.6 Å². The van der Waals surface area contributed by atoms with Crippen LogP contribution in [0, 0.1) is 17.6 Å². The van der Waals surface area contributed by atoms with E-state index in [1.54, 1.807) is 0 Å². The summed E-state index contributed by atoms with van der Waals surface area (Å²) in [5.74, 6) is -2.20. The molecule has 0 aromatic heterocycles. The number of carbonyl (C=O) groups is 1. The first-order valence-electron chi connectivity index (χ1n) is 8.62. The van der Waals surface area contributed by atoms with E-state index < -0.39 is 17.2 Å². The summed E-state index contributed by atoms with van der Waals surface area (Å²) in [6.07, 6.45) is 3.14. The zero-order valence-electron chi connectivity index (χ0n) is 13.7. The normalized spacial score (nSPS) is 26.5. The second-order valence-electron chi connectivity index (χ2n) is 7.05. The minimum absolute atomic E-state index is 0.119. The van der Waals surface area contributed by atoms with Gasteiger partial charge >= 0.3 is 0 Å². The van der Waals surface area contributed by atoms with Crippen LogP contribution in [0.2, 0.25) is 0 Å². The molecular weight excluding hydrogens is 314 g/mol. The van der Waals surface area contributed by atoms with Gasteiger partial charge < -0.3 is 15.3 Å². The van der Waals surface area contributed by atoms with Gasteiger partial charge in [0.2, 0.25) is 0 Å². The van der Waals surface area contributed by atoms with Gasteiger partial charge in [-0.1, -0.05) is 0 Å². The second-order valence-corrected chi connectivity index (χ2v) is 7.05. The van der Waals surface area contributed by atoms with Crippen LogP contribution in [0.4, 0.5) is 8.78 Å². The molecule has 0 bridgehead atoms. The predicted octanol–water partition coefficient (Wildman–Crippen LogP) is 1.97. The number of rotatable bonds is 4. The van der Waals surface area contributed by atoms with Gasteiger partial charge in [0.1, 0.15) is 0 Å². The van der Waals surface area contributed by atoms with Crippen LogP contribution in [-0.4, -0.2) is 54.1 Å². The zero-order chi connectivity index (χ0) is 17.2. The summed E-state index contributed by atoms with van der Waals surface area (Å²) >= 11 is 0. The molecule has 0 spiro atoms. The number of benzene rings is 1. The molecule has 2 aliphatic rings.